The number of aromatic nitrogens is 2. The van der Waals surface area contributed by atoms with Gasteiger partial charge in [0.2, 0.25) is 0 Å². The van der Waals surface area contributed by atoms with Gasteiger partial charge in [0.1, 0.15) is 0 Å². The Labute approximate surface area is 114 Å². The van der Waals surface area contributed by atoms with Crippen molar-refractivity contribution in [3.05, 3.63) is 60.9 Å². The van der Waals surface area contributed by atoms with Crippen LogP contribution in [-0.4, -0.2) is 9.97 Å². The number of hydrogen-bond acceptors (Lipinski definition) is 3. The highest BCUT2D eigenvalue weighted by molar-refractivity contribution is 7.26. The fourth-order valence-corrected chi connectivity index (χ4v) is 3.57. The Balaban J connectivity index is 2.13. The molecule has 0 atom stereocenters. The van der Waals surface area contributed by atoms with Crippen LogP contribution in [0.25, 0.3) is 31.6 Å². The van der Waals surface area contributed by atoms with Crippen LogP contribution in [0.3, 0.4) is 0 Å². The SMILES string of the molecule is c1cnc(-c2cccc3c2sc2ccccc23)nc1. The van der Waals surface area contributed by atoms with E-state index in [0.29, 0.717) is 0 Å². The second-order valence-electron chi connectivity index (χ2n) is 4.35. The van der Waals surface area contributed by atoms with Crippen LogP contribution in [0.1, 0.15) is 0 Å². The maximum absolute atomic E-state index is 4.36. The molecule has 0 aliphatic carbocycles. The Hall–Kier alpha value is -2.26. The number of hydrogen-bond donors (Lipinski definition) is 0. The van der Waals surface area contributed by atoms with Gasteiger partial charge in [0.05, 0.1) is 0 Å². The van der Waals surface area contributed by atoms with E-state index in [1.807, 2.05) is 6.07 Å². The van der Waals surface area contributed by atoms with Gasteiger partial charge in [-0.1, -0.05) is 30.3 Å². The Morgan fingerprint density at radius 3 is 2.42 bits per heavy atom. The summed E-state index contributed by atoms with van der Waals surface area (Å²) in [5.41, 5.74) is 1.11. The molecule has 0 radical (unpaired) electrons. The Morgan fingerprint density at radius 1 is 0.737 bits per heavy atom. The Bertz CT molecular complexity index is 866. The molecular formula is C16H10N2S. The van der Waals surface area contributed by atoms with Gasteiger partial charge in [-0.05, 0) is 18.2 Å². The molecule has 0 spiro atoms. The number of rotatable bonds is 1. The predicted molar refractivity (Wildman–Crippen MR) is 80.4 cm³/mol. The van der Waals surface area contributed by atoms with Gasteiger partial charge < -0.3 is 0 Å². The summed E-state index contributed by atoms with van der Waals surface area (Å²) in [6, 6.07) is 16.7. The normalized spacial score (nSPS) is 11.2. The predicted octanol–water partition coefficient (Wildman–Crippen LogP) is 4.51. The van der Waals surface area contributed by atoms with Crippen LogP contribution in [0.15, 0.2) is 60.9 Å². The third-order valence-electron chi connectivity index (χ3n) is 3.21. The summed E-state index contributed by atoms with van der Waals surface area (Å²) in [7, 11) is 0. The van der Waals surface area contributed by atoms with Gasteiger partial charge in [0.25, 0.3) is 0 Å². The van der Waals surface area contributed by atoms with Crippen molar-refractivity contribution in [1.82, 2.24) is 9.97 Å². The molecule has 0 fully saturated rings. The Kier molecular flexibility index (Phi) is 2.32. The quantitative estimate of drug-likeness (QED) is 0.504. The molecule has 0 bridgehead atoms. The molecule has 0 N–H and O–H groups in total. The zero-order valence-corrected chi connectivity index (χ0v) is 10.9. The highest BCUT2D eigenvalue weighted by Gasteiger charge is 2.10. The van der Waals surface area contributed by atoms with Crippen LogP contribution in [0, 0.1) is 0 Å². The highest BCUT2D eigenvalue weighted by Crippen LogP contribution is 2.38. The molecule has 0 saturated heterocycles. The molecule has 0 aliphatic heterocycles. The highest BCUT2D eigenvalue weighted by atomic mass is 32.1. The summed E-state index contributed by atoms with van der Waals surface area (Å²) in [5.74, 6) is 0.791. The van der Waals surface area contributed by atoms with Crippen molar-refractivity contribution < 1.29 is 0 Å². The summed E-state index contributed by atoms with van der Waals surface area (Å²) in [5, 5.41) is 2.59. The van der Waals surface area contributed by atoms with Gasteiger partial charge in [0.15, 0.2) is 5.82 Å². The monoisotopic (exact) mass is 262 g/mol. The first-order valence-corrected chi connectivity index (χ1v) is 6.93. The topological polar surface area (TPSA) is 25.8 Å². The van der Waals surface area contributed by atoms with Gasteiger partial charge in [-0.3, -0.25) is 0 Å². The van der Waals surface area contributed by atoms with Crippen LogP contribution < -0.4 is 0 Å². The van der Waals surface area contributed by atoms with Crippen molar-refractivity contribution >= 4 is 31.5 Å². The van der Waals surface area contributed by atoms with E-state index in [-0.39, 0.29) is 0 Å². The molecular weight excluding hydrogens is 252 g/mol. The van der Waals surface area contributed by atoms with Crippen molar-refractivity contribution in [1.29, 1.82) is 0 Å². The first kappa shape index (κ1) is 10.6. The third-order valence-corrected chi connectivity index (χ3v) is 4.43. The van der Waals surface area contributed by atoms with E-state index in [2.05, 4.69) is 52.4 Å². The van der Waals surface area contributed by atoms with Crippen molar-refractivity contribution in [2.24, 2.45) is 0 Å². The summed E-state index contributed by atoms with van der Waals surface area (Å²) in [4.78, 5) is 8.73. The average Bonchev–Trinajstić information content (AvgIpc) is 2.87. The largest absolute Gasteiger partial charge is 0.237 e. The van der Waals surface area contributed by atoms with E-state index in [1.54, 1.807) is 23.7 Å². The summed E-state index contributed by atoms with van der Waals surface area (Å²) in [6.45, 7) is 0. The molecule has 2 aromatic heterocycles. The minimum absolute atomic E-state index is 0.791. The molecule has 0 saturated carbocycles. The van der Waals surface area contributed by atoms with Crippen molar-refractivity contribution in [3.8, 4) is 11.4 Å². The van der Waals surface area contributed by atoms with Crippen LogP contribution in [0.5, 0.6) is 0 Å². The van der Waals surface area contributed by atoms with Gasteiger partial charge in [-0.15, -0.1) is 11.3 Å². The molecule has 3 heteroatoms. The van der Waals surface area contributed by atoms with E-state index in [0.717, 1.165) is 11.4 Å². The number of fused-ring (bicyclic) bond motifs is 3. The Morgan fingerprint density at radius 2 is 1.53 bits per heavy atom. The molecule has 0 aliphatic rings. The van der Waals surface area contributed by atoms with Gasteiger partial charge in [0, 0.05) is 38.1 Å². The summed E-state index contributed by atoms with van der Waals surface area (Å²) >= 11 is 1.80. The van der Waals surface area contributed by atoms with Crippen LogP contribution >= 0.6 is 11.3 Å². The van der Waals surface area contributed by atoms with Gasteiger partial charge >= 0.3 is 0 Å². The van der Waals surface area contributed by atoms with Crippen molar-refractivity contribution in [3.63, 3.8) is 0 Å². The van der Waals surface area contributed by atoms with Gasteiger partial charge in [-0.25, -0.2) is 9.97 Å². The van der Waals surface area contributed by atoms with Crippen LogP contribution in [0.2, 0.25) is 0 Å². The maximum Gasteiger partial charge on any atom is 0.160 e. The molecule has 4 aromatic rings. The number of thiophene rings is 1. The number of benzene rings is 2. The fraction of sp³-hybridized carbons (Fsp3) is 0. The average molecular weight is 262 g/mol. The molecule has 4 rings (SSSR count). The molecule has 2 nitrogen and oxygen atoms in total. The lowest BCUT2D eigenvalue weighted by Gasteiger charge is -2.00. The van der Waals surface area contributed by atoms with E-state index in [4.69, 9.17) is 0 Å². The lowest BCUT2D eigenvalue weighted by molar-refractivity contribution is 1.18. The zero-order chi connectivity index (χ0) is 12.7. The minimum Gasteiger partial charge on any atom is -0.237 e. The van der Waals surface area contributed by atoms with Gasteiger partial charge in [-0.2, -0.15) is 0 Å². The molecule has 90 valence electrons. The molecule has 2 aromatic carbocycles. The molecule has 19 heavy (non-hydrogen) atoms. The second kappa shape index (κ2) is 4.14. The molecule has 0 amide bonds. The zero-order valence-electron chi connectivity index (χ0n) is 10.1. The van der Waals surface area contributed by atoms with Crippen molar-refractivity contribution in [2.45, 2.75) is 0 Å². The van der Waals surface area contributed by atoms with E-state index in [9.17, 15) is 0 Å². The fourth-order valence-electron chi connectivity index (χ4n) is 2.36. The standard InChI is InChI=1S/C16H10N2S/c1-2-8-14-11(5-1)12-6-3-7-13(15(12)19-14)16-17-9-4-10-18-16/h1-10H. The van der Waals surface area contributed by atoms with E-state index < -0.39 is 0 Å². The molecule has 0 unspecified atom stereocenters. The van der Waals surface area contributed by atoms with E-state index >= 15 is 0 Å². The van der Waals surface area contributed by atoms with Crippen molar-refractivity contribution in [2.75, 3.05) is 0 Å². The van der Waals surface area contributed by atoms with E-state index in [1.165, 1.54) is 20.2 Å². The smallest absolute Gasteiger partial charge is 0.160 e. The number of nitrogens with zero attached hydrogens (tertiary/aromatic N) is 2. The summed E-state index contributed by atoms with van der Waals surface area (Å²) in [6.07, 6.45) is 3.57. The second-order valence-corrected chi connectivity index (χ2v) is 5.41. The molecule has 2 heterocycles. The maximum atomic E-state index is 4.36. The minimum atomic E-state index is 0.791. The first-order valence-electron chi connectivity index (χ1n) is 6.11. The lowest BCUT2D eigenvalue weighted by Crippen LogP contribution is -1.86. The van der Waals surface area contributed by atoms with Crippen LogP contribution in [-0.2, 0) is 0 Å². The third kappa shape index (κ3) is 1.63. The first-order chi connectivity index (χ1) is 9.43. The summed E-state index contributed by atoms with van der Waals surface area (Å²) < 4.78 is 2.57. The van der Waals surface area contributed by atoms with Crippen LogP contribution in [0.4, 0.5) is 0 Å². The lowest BCUT2D eigenvalue weighted by atomic mass is 10.1.